The van der Waals surface area contributed by atoms with Crippen molar-refractivity contribution in [2.24, 2.45) is 0 Å². The van der Waals surface area contributed by atoms with Gasteiger partial charge in [0.1, 0.15) is 4.32 Å². The molecule has 1 saturated heterocycles. The van der Waals surface area contributed by atoms with E-state index < -0.39 is 0 Å². The zero-order chi connectivity index (χ0) is 20.4. The molecule has 6 heteroatoms. The van der Waals surface area contributed by atoms with Gasteiger partial charge in [-0.3, -0.25) is 9.69 Å². The first-order valence-electron chi connectivity index (χ1n) is 9.56. The number of aromatic nitrogens is 2. The molecule has 1 aromatic heterocycles. The standard InChI is InChI=1S/C23H21N3OS2/c1-3-16(2)26-22(27)20(29-23(26)28)14-18-15-25(19-12-8-5-9-13-19)24-21(18)17-10-6-4-7-11-17/h4-16H,3H2,1-2H3. The third-order valence-electron chi connectivity index (χ3n) is 4.95. The zero-order valence-electron chi connectivity index (χ0n) is 16.3. The Hall–Kier alpha value is -2.70. The summed E-state index contributed by atoms with van der Waals surface area (Å²) in [5.74, 6) is -0.0270. The molecule has 1 fully saturated rings. The minimum absolute atomic E-state index is 0.0270. The highest BCUT2D eigenvalue weighted by Gasteiger charge is 2.35. The lowest BCUT2D eigenvalue weighted by Crippen LogP contribution is -2.36. The molecule has 4 nitrogen and oxygen atoms in total. The second-order valence-corrected chi connectivity index (χ2v) is 8.56. The predicted octanol–water partition coefficient (Wildman–Crippen LogP) is 5.54. The van der Waals surface area contributed by atoms with Crippen LogP contribution in [0.15, 0.2) is 71.8 Å². The molecule has 0 radical (unpaired) electrons. The molecule has 3 aromatic rings. The van der Waals surface area contributed by atoms with E-state index in [0.717, 1.165) is 28.9 Å². The summed E-state index contributed by atoms with van der Waals surface area (Å²) in [6.45, 7) is 4.08. The molecular weight excluding hydrogens is 398 g/mol. The number of carbonyl (C=O) groups excluding carboxylic acids is 1. The number of nitrogens with zero attached hydrogens (tertiary/aromatic N) is 3. The fourth-order valence-corrected chi connectivity index (χ4v) is 4.66. The highest BCUT2D eigenvalue weighted by Crippen LogP contribution is 2.36. The molecular formula is C23H21N3OS2. The summed E-state index contributed by atoms with van der Waals surface area (Å²) in [7, 11) is 0. The van der Waals surface area contributed by atoms with Crippen LogP contribution in [0.1, 0.15) is 25.8 Å². The van der Waals surface area contributed by atoms with Gasteiger partial charge in [0.05, 0.1) is 16.3 Å². The van der Waals surface area contributed by atoms with E-state index >= 15 is 0 Å². The lowest BCUT2D eigenvalue weighted by molar-refractivity contribution is -0.123. The summed E-state index contributed by atoms with van der Waals surface area (Å²) in [4.78, 5) is 15.3. The van der Waals surface area contributed by atoms with E-state index in [2.05, 4.69) is 6.92 Å². The Balaban J connectivity index is 1.79. The van der Waals surface area contributed by atoms with Crippen LogP contribution in [0.4, 0.5) is 0 Å². The summed E-state index contributed by atoms with van der Waals surface area (Å²) < 4.78 is 2.47. The molecule has 0 aliphatic carbocycles. The molecule has 0 N–H and O–H groups in total. The Morgan fingerprint density at radius 2 is 1.76 bits per heavy atom. The lowest BCUT2D eigenvalue weighted by Gasteiger charge is -2.21. The maximum atomic E-state index is 13.0. The fraction of sp³-hybridized carbons (Fsp3) is 0.174. The van der Waals surface area contributed by atoms with Gasteiger partial charge in [0.25, 0.3) is 5.91 Å². The Morgan fingerprint density at radius 3 is 2.41 bits per heavy atom. The number of hydrogen-bond donors (Lipinski definition) is 0. The van der Waals surface area contributed by atoms with E-state index in [9.17, 15) is 4.79 Å². The Kier molecular flexibility index (Phi) is 5.65. The van der Waals surface area contributed by atoms with Crippen molar-refractivity contribution in [3.63, 3.8) is 0 Å². The normalized spacial score (nSPS) is 16.6. The van der Waals surface area contributed by atoms with E-state index in [-0.39, 0.29) is 11.9 Å². The Morgan fingerprint density at radius 1 is 1.10 bits per heavy atom. The van der Waals surface area contributed by atoms with Gasteiger partial charge in [0.15, 0.2) is 0 Å². The number of hydrogen-bond acceptors (Lipinski definition) is 4. The van der Waals surface area contributed by atoms with E-state index in [4.69, 9.17) is 17.3 Å². The van der Waals surface area contributed by atoms with Crippen molar-refractivity contribution in [2.45, 2.75) is 26.3 Å². The third-order valence-corrected chi connectivity index (χ3v) is 6.28. The van der Waals surface area contributed by atoms with Crippen LogP contribution in [-0.2, 0) is 4.79 Å². The van der Waals surface area contributed by atoms with Crippen LogP contribution in [0.3, 0.4) is 0 Å². The predicted molar refractivity (Wildman–Crippen MR) is 124 cm³/mol. The minimum Gasteiger partial charge on any atom is -0.290 e. The first-order valence-corrected chi connectivity index (χ1v) is 10.8. The summed E-state index contributed by atoms with van der Waals surface area (Å²) >= 11 is 6.83. The smallest absolute Gasteiger partial charge is 0.266 e. The first kappa shape index (κ1) is 19.6. The molecule has 1 aliphatic rings. The molecule has 146 valence electrons. The van der Waals surface area contributed by atoms with Gasteiger partial charge in [0.2, 0.25) is 0 Å². The average molecular weight is 420 g/mol. The van der Waals surface area contributed by atoms with Crippen LogP contribution < -0.4 is 0 Å². The van der Waals surface area contributed by atoms with Crippen molar-refractivity contribution in [1.29, 1.82) is 0 Å². The van der Waals surface area contributed by atoms with Crippen molar-refractivity contribution < 1.29 is 4.79 Å². The molecule has 2 aromatic carbocycles. The second-order valence-electron chi connectivity index (χ2n) is 6.89. The molecule has 1 amide bonds. The third kappa shape index (κ3) is 3.91. The molecule has 0 bridgehead atoms. The van der Waals surface area contributed by atoms with E-state index in [1.807, 2.05) is 84.5 Å². The molecule has 1 atom stereocenters. The number of benzene rings is 2. The summed E-state index contributed by atoms with van der Waals surface area (Å²) in [6, 6.07) is 20.1. The molecule has 0 spiro atoms. The van der Waals surface area contributed by atoms with Crippen molar-refractivity contribution in [3.8, 4) is 16.9 Å². The minimum atomic E-state index is -0.0270. The first-order chi connectivity index (χ1) is 14.1. The number of amides is 1. The number of carbonyl (C=O) groups is 1. The largest absolute Gasteiger partial charge is 0.290 e. The Bertz CT molecular complexity index is 1070. The van der Waals surface area contributed by atoms with Crippen molar-refractivity contribution in [1.82, 2.24) is 14.7 Å². The zero-order valence-corrected chi connectivity index (χ0v) is 17.9. The van der Waals surface area contributed by atoms with Crippen LogP contribution in [-0.4, -0.2) is 30.9 Å². The highest BCUT2D eigenvalue weighted by atomic mass is 32.2. The van der Waals surface area contributed by atoms with Crippen molar-refractivity contribution >= 4 is 40.3 Å². The van der Waals surface area contributed by atoms with Crippen LogP contribution >= 0.6 is 24.0 Å². The molecule has 4 rings (SSSR count). The number of para-hydroxylation sites is 1. The van der Waals surface area contributed by atoms with Gasteiger partial charge < -0.3 is 0 Å². The summed E-state index contributed by atoms with van der Waals surface area (Å²) in [6.07, 6.45) is 4.74. The van der Waals surface area contributed by atoms with Gasteiger partial charge in [-0.2, -0.15) is 5.10 Å². The van der Waals surface area contributed by atoms with E-state index in [0.29, 0.717) is 9.23 Å². The van der Waals surface area contributed by atoms with Gasteiger partial charge in [-0.05, 0) is 31.6 Å². The SMILES string of the molecule is CCC(C)N1C(=O)C(=Cc2cn(-c3ccccc3)nc2-c2ccccc2)SC1=S. The number of rotatable bonds is 5. The number of thiocarbonyl (C=S) groups is 1. The summed E-state index contributed by atoms with van der Waals surface area (Å²) in [5.41, 5.74) is 3.70. The van der Waals surface area contributed by atoms with Gasteiger partial charge in [0, 0.05) is 23.4 Å². The lowest BCUT2D eigenvalue weighted by atomic mass is 10.1. The van der Waals surface area contributed by atoms with Crippen LogP contribution in [0.5, 0.6) is 0 Å². The maximum Gasteiger partial charge on any atom is 0.266 e. The number of thioether (sulfide) groups is 1. The molecule has 29 heavy (non-hydrogen) atoms. The fourth-order valence-electron chi connectivity index (χ4n) is 3.21. The molecule has 0 saturated carbocycles. The molecule has 1 aliphatic heterocycles. The second kappa shape index (κ2) is 8.35. The van der Waals surface area contributed by atoms with Gasteiger partial charge in [-0.15, -0.1) is 0 Å². The van der Waals surface area contributed by atoms with E-state index in [1.165, 1.54) is 11.8 Å². The van der Waals surface area contributed by atoms with Crippen LogP contribution in [0, 0.1) is 0 Å². The summed E-state index contributed by atoms with van der Waals surface area (Å²) in [5, 5.41) is 4.81. The van der Waals surface area contributed by atoms with E-state index in [1.54, 1.807) is 4.90 Å². The molecule has 2 heterocycles. The van der Waals surface area contributed by atoms with Crippen LogP contribution in [0.25, 0.3) is 23.0 Å². The monoisotopic (exact) mass is 419 g/mol. The maximum absolute atomic E-state index is 13.0. The van der Waals surface area contributed by atoms with Crippen LogP contribution in [0.2, 0.25) is 0 Å². The van der Waals surface area contributed by atoms with Gasteiger partial charge in [-0.25, -0.2) is 4.68 Å². The van der Waals surface area contributed by atoms with Gasteiger partial charge >= 0.3 is 0 Å². The highest BCUT2D eigenvalue weighted by molar-refractivity contribution is 8.26. The topological polar surface area (TPSA) is 38.1 Å². The van der Waals surface area contributed by atoms with Crippen molar-refractivity contribution in [2.75, 3.05) is 0 Å². The Labute approximate surface area is 180 Å². The average Bonchev–Trinajstić information content (AvgIpc) is 3.30. The molecule has 1 unspecified atom stereocenters. The quantitative estimate of drug-likeness (QED) is 0.402. The van der Waals surface area contributed by atoms with Crippen molar-refractivity contribution in [3.05, 3.63) is 77.3 Å². The van der Waals surface area contributed by atoms with Gasteiger partial charge in [-0.1, -0.05) is 79.4 Å².